The maximum atomic E-state index is 3.82. The highest BCUT2D eigenvalue weighted by molar-refractivity contribution is 7.19. The summed E-state index contributed by atoms with van der Waals surface area (Å²) in [5, 5.41) is 2.67. The summed E-state index contributed by atoms with van der Waals surface area (Å²) in [6.45, 7) is 3.82. The Kier molecular flexibility index (Phi) is 1.73. The van der Waals surface area contributed by atoms with Gasteiger partial charge in [-0.25, -0.2) is 0 Å². The molecule has 74 valence electrons. The van der Waals surface area contributed by atoms with Crippen LogP contribution in [0.3, 0.4) is 0 Å². The molecule has 2 heterocycles. The molecule has 1 aromatic carbocycles. The van der Waals surface area contributed by atoms with Crippen LogP contribution in [0, 0.1) is 0 Å². The van der Waals surface area contributed by atoms with Crippen molar-refractivity contribution in [1.29, 1.82) is 0 Å². The maximum Gasteiger partial charge on any atom is 0.104 e. The van der Waals surface area contributed by atoms with Crippen molar-refractivity contribution in [2.75, 3.05) is 0 Å². The summed E-state index contributed by atoms with van der Waals surface area (Å²) in [6.07, 6.45) is 1.92. The number of para-hydroxylation sites is 1. The van der Waals surface area contributed by atoms with Crippen LogP contribution in [-0.2, 0) is 7.05 Å². The smallest absolute Gasteiger partial charge is 0.104 e. The second-order valence-electron chi connectivity index (χ2n) is 3.65. The van der Waals surface area contributed by atoms with E-state index in [1.807, 2.05) is 6.08 Å². The number of nitrogens with zero attached hydrogens (tertiary/aromatic N) is 1. The van der Waals surface area contributed by atoms with Crippen molar-refractivity contribution in [3.8, 4) is 0 Å². The summed E-state index contributed by atoms with van der Waals surface area (Å²) in [7, 11) is 2.12. The largest absolute Gasteiger partial charge is 0.335 e. The van der Waals surface area contributed by atoms with Gasteiger partial charge < -0.3 is 4.57 Å². The normalized spacial score (nSPS) is 11.3. The molecule has 0 unspecified atom stereocenters. The number of aromatic nitrogens is 1. The van der Waals surface area contributed by atoms with E-state index < -0.39 is 0 Å². The van der Waals surface area contributed by atoms with Crippen molar-refractivity contribution in [2.45, 2.75) is 0 Å². The maximum absolute atomic E-state index is 3.82. The van der Waals surface area contributed by atoms with E-state index in [1.165, 1.54) is 26.0 Å². The zero-order valence-corrected chi connectivity index (χ0v) is 9.34. The van der Waals surface area contributed by atoms with E-state index in [1.54, 1.807) is 11.3 Å². The number of benzene rings is 1. The van der Waals surface area contributed by atoms with Crippen LogP contribution in [0.25, 0.3) is 27.2 Å². The van der Waals surface area contributed by atoms with Crippen LogP contribution in [0.1, 0.15) is 4.88 Å². The molecule has 0 amide bonds. The lowest BCUT2D eigenvalue weighted by molar-refractivity contribution is 1.02. The van der Waals surface area contributed by atoms with Crippen molar-refractivity contribution < 1.29 is 0 Å². The first-order valence-corrected chi connectivity index (χ1v) is 5.72. The molecule has 0 aliphatic rings. The monoisotopic (exact) mass is 213 g/mol. The second-order valence-corrected chi connectivity index (χ2v) is 4.71. The van der Waals surface area contributed by atoms with E-state index in [0.29, 0.717) is 0 Å². The van der Waals surface area contributed by atoms with E-state index in [-0.39, 0.29) is 0 Å². The summed E-state index contributed by atoms with van der Waals surface area (Å²) < 4.78 is 2.25. The minimum absolute atomic E-state index is 1.24. The molecule has 0 saturated carbocycles. The van der Waals surface area contributed by atoms with Gasteiger partial charge in [0.1, 0.15) is 4.83 Å². The van der Waals surface area contributed by atoms with Crippen LogP contribution in [0.5, 0.6) is 0 Å². The average molecular weight is 213 g/mol. The lowest BCUT2D eigenvalue weighted by Gasteiger charge is -1.95. The van der Waals surface area contributed by atoms with Crippen LogP contribution >= 0.6 is 11.3 Å². The molecular weight excluding hydrogens is 202 g/mol. The number of thiophene rings is 1. The zero-order valence-electron chi connectivity index (χ0n) is 8.53. The highest BCUT2D eigenvalue weighted by Crippen LogP contribution is 2.34. The number of rotatable bonds is 1. The highest BCUT2D eigenvalue weighted by Gasteiger charge is 2.09. The second kappa shape index (κ2) is 2.97. The first kappa shape index (κ1) is 8.74. The molecule has 0 aliphatic carbocycles. The third kappa shape index (κ3) is 1.08. The lowest BCUT2D eigenvalue weighted by Crippen LogP contribution is -1.83. The predicted octanol–water partition coefficient (Wildman–Crippen LogP) is 4.04. The van der Waals surface area contributed by atoms with Crippen LogP contribution < -0.4 is 0 Å². The fourth-order valence-electron chi connectivity index (χ4n) is 2.05. The summed E-state index contributed by atoms with van der Waals surface area (Å²) in [4.78, 5) is 2.56. The van der Waals surface area contributed by atoms with Crippen LogP contribution in [0.15, 0.2) is 36.9 Å². The van der Waals surface area contributed by atoms with Crippen LogP contribution in [0.2, 0.25) is 0 Å². The van der Waals surface area contributed by atoms with E-state index in [2.05, 4.69) is 48.5 Å². The first-order chi connectivity index (χ1) is 7.31. The van der Waals surface area contributed by atoms with Crippen molar-refractivity contribution in [1.82, 2.24) is 4.57 Å². The van der Waals surface area contributed by atoms with Gasteiger partial charge >= 0.3 is 0 Å². The van der Waals surface area contributed by atoms with Crippen molar-refractivity contribution >= 4 is 38.5 Å². The number of hydrogen-bond acceptors (Lipinski definition) is 1. The third-order valence-corrected chi connectivity index (χ3v) is 4.00. The molecule has 2 aromatic heterocycles. The van der Waals surface area contributed by atoms with E-state index >= 15 is 0 Å². The number of aryl methyl sites for hydroxylation is 1. The molecule has 0 radical (unpaired) electrons. The Bertz CT molecular complexity index is 658. The molecule has 0 spiro atoms. The molecule has 0 saturated heterocycles. The summed E-state index contributed by atoms with van der Waals surface area (Å²) in [5.41, 5.74) is 1.30. The van der Waals surface area contributed by atoms with Gasteiger partial charge in [-0.3, -0.25) is 0 Å². The zero-order chi connectivity index (χ0) is 10.4. The van der Waals surface area contributed by atoms with Gasteiger partial charge in [0.05, 0.1) is 0 Å². The van der Waals surface area contributed by atoms with Gasteiger partial charge in [-0.1, -0.05) is 30.9 Å². The minimum atomic E-state index is 1.24. The van der Waals surface area contributed by atoms with Gasteiger partial charge in [0.15, 0.2) is 0 Å². The molecule has 2 heteroatoms. The Morgan fingerprint density at radius 1 is 1.27 bits per heavy atom. The predicted molar refractivity (Wildman–Crippen MR) is 68.4 cm³/mol. The summed E-state index contributed by atoms with van der Waals surface area (Å²) in [6, 6.07) is 10.7. The van der Waals surface area contributed by atoms with Crippen molar-refractivity contribution in [3.63, 3.8) is 0 Å². The van der Waals surface area contributed by atoms with Gasteiger partial charge in [0.2, 0.25) is 0 Å². The molecule has 0 aliphatic heterocycles. The topological polar surface area (TPSA) is 4.93 Å². The summed E-state index contributed by atoms with van der Waals surface area (Å²) in [5.74, 6) is 0. The molecule has 1 nitrogen and oxygen atoms in total. The standard InChI is InChI=1S/C13H11NS/c1-3-9-8-11-10-6-4-5-7-12(10)14(2)13(11)15-9/h3-8H,1H2,2H3. The average Bonchev–Trinajstić information content (AvgIpc) is 2.80. The Morgan fingerprint density at radius 2 is 2.07 bits per heavy atom. The SMILES string of the molecule is C=Cc1cc2c3ccccc3n(C)c2s1. The fourth-order valence-corrected chi connectivity index (χ4v) is 3.04. The molecular formula is C13H11NS. The highest BCUT2D eigenvalue weighted by atomic mass is 32.1. The van der Waals surface area contributed by atoms with Gasteiger partial charge in [0, 0.05) is 28.2 Å². The van der Waals surface area contributed by atoms with Gasteiger partial charge in [-0.05, 0) is 12.1 Å². The van der Waals surface area contributed by atoms with Crippen LogP contribution in [0.4, 0.5) is 0 Å². The van der Waals surface area contributed by atoms with Gasteiger partial charge in [0.25, 0.3) is 0 Å². The third-order valence-electron chi connectivity index (χ3n) is 2.79. The van der Waals surface area contributed by atoms with Gasteiger partial charge in [-0.15, -0.1) is 11.3 Å². The summed E-state index contributed by atoms with van der Waals surface area (Å²) >= 11 is 1.79. The van der Waals surface area contributed by atoms with E-state index in [0.717, 1.165) is 0 Å². The number of fused-ring (bicyclic) bond motifs is 3. The van der Waals surface area contributed by atoms with E-state index in [9.17, 15) is 0 Å². The lowest BCUT2D eigenvalue weighted by atomic mass is 10.2. The quantitative estimate of drug-likeness (QED) is 0.575. The van der Waals surface area contributed by atoms with Crippen molar-refractivity contribution in [2.24, 2.45) is 7.05 Å². The Balaban J connectivity index is 2.57. The fraction of sp³-hybridized carbons (Fsp3) is 0.0769. The first-order valence-electron chi connectivity index (χ1n) is 4.90. The molecule has 3 rings (SSSR count). The molecule has 0 fully saturated rings. The van der Waals surface area contributed by atoms with Crippen LogP contribution in [-0.4, -0.2) is 4.57 Å². The number of hydrogen-bond donors (Lipinski definition) is 0. The Hall–Kier alpha value is -1.54. The molecule has 0 atom stereocenters. The Labute approximate surface area is 92.3 Å². The molecule has 15 heavy (non-hydrogen) atoms. The van der Waals surface area contributed by atoms with Crippen molar-refractivity contribution in [3.05, 3.63) is 41.8 Å². The Morgan fingerprint density at radius 3 is 2.87 bits per heavy atom. The molecule has 0 N–H and O–H groups in total. The molecule has 0 bridgehead atoms. The van der Waals surface area contributed by atoms with E-state index in [4.69, 9.17) is 0 Å². The van der Waals surface area contributed by atoms with Gasteiger partial charge in [-0.2, -0.15) is 0 Å². The minimum Gasteiger partial charge on any atom is -0.335 e. The molecule has 3 aromatic rings.